The molecule has 5 nitrogen and oxygen atoms in total. The Morgan fingerprint density at radius 1 is 1.30 bits per heavy atom. The second kappa shape index (κ2) is 4.76. The number of hydrogen-bond donors (Lipinski definition) is 2. The first kappa shape index (κ1) is 12.9. The van der Waals surface area contributed by atoms with Crippen LogP contribution in [0.25, 0.3) is 21.9 Å². The molecule has 0 atom stereocenters. The summed E-state index contributed by atoms with van der Waals surface area (Å²) in [5, 5.41) is 11.2. The van der Waals surface area contributed by atoms with Gasteiger partial charge < -0.3 is 14.8 Å². The molecule has 0 bridgehead atoms. The lowest BCUT2D eigenvalue weighted by atomic mass is 10.1. The summed E-state index contributed by atoms with van der Waals surface area (Å²) in [6.07, 6.45) is 0.904. The van der Waals surface area contributed by atoms with Crippen molar-refractivity contribution in [3.05, 3.63) is 29.2 Å². The molecule has 0 aliphatic rings. The number of ether oxygens (including phenoxy) is 1. The number of rotatable bonds is 3. The molecule has 104 valence electrons. The molecule has 0 aliphatic carbocycles. The van der Waals surface area contributed by atoms with E-state index in [1.807, 2.05) is 13.0 Å². The molecule has 3 aromatic rings. The van der Waals surface area contributed by atoms with Crippen molar-refractivity contribution in [2.45, 2.75) is 26.9 Å². The van der Waals surface area contributed by atoms with Crippen LogP contribution in [-0.2, 0) is 13.0 Å². The quantitative estimate of drug-likeness (QED) is 0.767. The van der Waals surface area contributed by atoms with Gasteiger partial charge in [-0.1, -0.05) is 6.92 Å². The summed E-state index contributed by atoms with van der Waals surface area (Å²) in [6, 6.07) is 4.12. The zero-order chi connectivity index (χ0) is 14.3. The largest absolute Gasteiger partial charge is 0.496 e. The standard InChI is InChI=1S/C15H17N3O2/c1-4-9-5-11-10(6-12(9)20-3)14-8(2)16-13(7-19)18-15(14)17-11/h5-6,19H,4,7H2,1-3H3,(H,16,17,18). The Bertz CT molecular complexity index is 793. The number of aliphatic hydroxyl groups excluding tert-OH is 1. The van der Waals surface area contributed by atoms with Crippen molar-refractivity contribution in [3.63, 3.8) is 0 Å². The Morgan fingerprint density at radius 3 is 2.75 bits per heavy atom. The van der Waals surface area contributed by atoms with E-state index < -0.39 is 0 Å². The van der Waals surface area contributed by atoms with Gasteiger partial charge in [0.15, 0.2) is 5.82 Å². The van der Waals surface area contributed by atoms with Crippen LogP contribution in [0.3, 0.4) is 0 Å². The Hall–Kier alpha value is -2.14. The lowest BCUT2D eigenvalue weighted by Gasteiger charge is -2.06. The van der Waals surface area contributed by atoms with Crippen LogP contribution in [0, 0.1) is 6.92 Å². The highest BCUT2D eigenvalue weighted by atomic mass is 16.5. The minimum absolute atomic E-state index is 0.157. The van der Waals surface area contributed by atoms with Gasteiger partial charge in [0.1, 0.15) is 18.0 Å². The fourth-order valence-electron chi connectivity index (χ4n) is 2.64. The lowest BCUT2D eigenvalue weighted by Crippen LogP contribution is -1.97. The summed E-state index contributed by atoms with van der Waals surface area (Å²) < 4.78 is 5.45. The number of fused-ring (bicyclic) bond motifs is 3. The average molecular weight is 271 g/mol. The summed E-state index contributed by atoms with van der Waals surface area (Å²) in [7, 11) is 1.68. The molecule has 0 fully saturated rings. The summed E-state index contributed by atoms with van der Waals surface area (Å²) in [4.78, 5) is 12.0. The summed E-state index contributed by atoms with van der Waals surface area (Å²) >= 11 is 0. The van der Waals surface area contributed by atoms with Crippen LogP contribution in [0.2, 0.25) is 0 Å². The smallest absolute Gasteiger partial charge is 0.156 e. The second-order valence-corrected chi connectivity index (χ2v) is 4.80. The van der Waals surface area contributed by atoms with E-state index in [0.717, 1.165) is 45.4 Å². The molecule has 0 spiro atoms. The third kappa shape index (κ3) is 1.82. The molecule has 2 aromatic heterocycles. The Balaban J connectivity index is 2.40. The van der Waals surface area contributed by atoms with Gasteiger partial charge in [0.25, 0.3) is 0 Å². The number of aromatic amines is 1. The summed E-state index contributed by atoms with van der Waals surface area (Å²) in [5.41, 5.74) is 3.79. The first-order chi connectivity index (χ1) is 9.67. The van der Waals surface area contributed by atoms with Crippen molar-refractivity contribution < 1.29 is 9.84 Å². The van der Waals surface area contributed by atoms with Crippen molar-refractivity contribution in [1.82, 2.24) is 15.0 Å². The van der Waals surface area contributed by atoms with E-state index in [0.29, 0.717) is 5.82 Å². The molecule has 1 aromatic carbocycles. The zero-order valence-electron chi connectivity index (χ0n) is 11.8. The fourth-order valence-corrected chi connectivity index (χ4v) is 2.64. The Labute approximate surface area is 116 Å². The molecular weight excluding hydrogens is 254 g/mol. The van der Waals surface area contributed by atoms with Gasteiger partial charge in [0, 0.05) is 16.3 Å². The SMILES string of the molecule is CCc1cc2[nH]c3nc(CO)nc(C)c3c2cc1OC. The molecule has 3 rings (SSSR count). The zero-order valence-corrected chi connectivity index (χ0v) is 11.8. The first-order valence-electron chi connectivity index (χ1n) is 6.64. The maximum Gasteiger partial charge on any atom is 0.156 e. The highest BCUT2D eigenvalue weighted by molar-refractivity contribution is 6.07. The van der Waals surface area contributed by atoms with Gasteiger partial charge in [-0.2, -0.15) is 0 Å². The molecule has 0 unspecified atom stereocenters. The van der Waals surface area contributed by atoms with E-state index in [9.17, 15) is 5.11 Å². The van der Waals surface area contributed by atoms with E-state index in [1.165, 1.54) is 0 Å². The van der Waals surface area contributed by atoms with Crippen molar-refractivity contribution in [2.75, 3.05) is 7.11 Å². The maximum atomic E-state index is 9.20. The molecule has 2 N–H and O–H groups in total. The predicted octanol–water partition coefficient (Wildman–Crippen LogP) is 2.48. The van der Waals surface area contributed by atoms with Gasteiger partial charge >= 0.3 is 0 Å². The van der Waals surface area contributed by atoms with Crippen LogP contribution in [0.1, 0.15) is 24.0 Å². The molecule has 5 heteroatoms. The lowest BCUT2D eigenvalue weighted by molar-refractivity contribution is 0.271. The van der Waals surface area contributed by atoms with E-state index in [2.05, 4.69) is 27.9 Å². The molecule has 2 heterocycles. The van der Waals surface area contributed by atoms with Crippen LogP contribution in [0.5, 0.6) is 5.75 Å². The van der Waals surface area contributed by atoms with Crippen LogP contribution >= 0.6 is 0 Å². The minimum atomic E-state index is -0.157. The van der Waals surface area contributed by atoms with Gasteiger partial charge in [-0.15, -0.1) is 0 Å². The minimum Gasteiger partial charge on any atom is -0.496 e. The molecule has 0 saturated carbocycles. The topological polar surface area (TPSA) is 71.0 Å². The number of benzene rings is 1. The van der Waals surface area contributed by atoms with Crippen LogP contribution in [0.4, 0.5) is 0 Å². The number of methoxy groups -OCH3 is 1. The molecule has 0 radical (unpaired) electrons. The monoisotopic (exact) mass is 271 g/mol. The molecule has 0 aliphatic heterocycles. The third-order valence-corrected chi connectivity index (χ3v) is 3.60. The third-order valence-electron chi connectivity index (χ3n) is 3.60. The van der Waals surface area contributed by atoms with Gasteiger partial charge in [-0.05, 0) is 31.0 Å². The first-order valence-corrected chi connectivity index (χ1v) is 6.64. The average Bonchev–Trinajstić information content (AvgIpc) is 2.82. The number of nitrogens with one attached hydrogen (secondary N) is 1. The highest BCUT2D eigenvalue weighted by Gasteiger charge is 2.13. The van der Waals surface area contributed by atoms with Crippen LogP contribution in [0.15, 0.2) is 12.1 Å². The highest BCUT2D eigenvalue weighted by Crippen LogP contribution is 2.32. The second-order valence-electron chi connectivity index (χ2n) is 4.80. The van der Waals surface area contributed by atoms with Gasteiger partial charge in [0.2, 0.25) is 0 Å². The van der Waals surface area contributed by atoms with Crippen LogP contribution in [-0.4, -0.2) is 27.2 Å². The Morgan fingerprint density at radius 2 is 2.10 bits per heavy atom. The van der Waals surface area contributed by atoms with Crippen LogP contribution < -0.4 is 4.74 Å². The number of aliphatic hydroxyl groups is 1. The van der Waals surface area contributed by atoms with Crippen molar-refractivity contribution >= 4 is 21.9 Å². The molecule has 0 saturated heterocycles. The van der Waals surface area contributed by atoms with Gasteiger partial charge in [-0.25, -0.2) is 9.97 Å². The van der Waals surface area contributed by atoms with E-state index >= 15 is 0 Å². The number of H-pyrrole nitrogens is 1. The fraction of sp³-hybridized carbons (Fsp3) is 0.333. The number of hydrogen-bond acceptors (Lipinski definition) is 4. The number of aromatic nitrogens is 3. The van der Waals surface area contributed by atoms with Crippen molar-refractivity contribution in [2.24, 2.45) is 0 Å². The maximum absolute atomic E-state index is 9.20. The normalized spacial score (nSPS) is 11.4. The van der Waals surface area contributed by atoms with Gasteiger partial charge in [-0.3, -0.25) is 0 Å². The van der Waals surface area contributed by atoms with E-state index in [4.69, 9.17) is 4.74 Å². The van der Waals surface area contributed by atoms with E-state index in [1.54, 1.807) is 7.11 Å². The Kier molecular flexibility index (Phi) is 3.06. The number of nitrogens with zero attached hydrogens (tertiary/aromatic N) is 2. The predicted molar refractivity (Wildman–Crippen MR) is 78.0 cm³/mol. The number of aryl methyl sites for hydroxylation is 2. The molecular formula is C15H17N3O2. The van der Waals surface area contributed by atoms with Gasteiger partial charge in [0.05, 0.1) is 12.8 Å². The summed E-state index contributed by atoms with van der Waals surface area (Å²) in [5.74, 6) is 1.32. The van der Waals surface area contributed by atoms with Crippen molar-refractivity contribution in [3.8, 4) is 5.75 Å². The van der Waals surface area contributed by atoms with Crippen molar-refractivity contribution in [1.29, 1.82) is 0 Å². The molecule has 0 amide bonds. The summed E-state index contributed by atoms with van der Waals surface area (Å²) in [6.45, 7) is 3.87. The molecule has 20 heavy (non-hydrogen) atoms. The van der Waals surface area contributed by atoms with E-state index in [-0.39, 0.29) is 6.61 Å².